The summed E-state index contributed by atoms with van der Waals surface area (Å²) in [5, 5.41) is 6.58. The molecule has 1 unspecified atom stereocenters. The number of aromatic nitrogens is 4. The first kappa shape index (κ1) is 13.8. The van der Waals surface area contributed by atoms with Crippen molar-refractivity contribution in [1.29, 1.82) is 0 Å². The summed E-state index contributed by atoms with van der Waals surface area (Å²) in [5.41, 5.74) is 0.545. The van der Waals surface area contributed by atoms with Gasteiger partial charge >= 0.3 is 0 Å². The van der Waals surface area contributed by atoms with Crippen molar-refractivity contribution in [3.63, 3.8) is 0 Å². The number of carbonyl (C=O) groups excluding carboxylic acids is 2. The first-order chi connectivity index (χ1) is 11.2. The minimum Gasteiger partial charge on any atom is -0.344 e. The van der Waals surface area contributed by atoms with Crippen LogP contribution >= 0.6 is 0 Å². The Morgan fingerprint density at radius 3 is 2.91 bits per heavy atom. The average molecular weight is 314 g/mol. The van der Waals surface area contributed by atoms with E-state index in [1.54, 1.807) is 23.5 Å². The van der Waals surface area contributed by atoms with Crippen LogP contribution in [0.25, 0.3) is 11.5 Å². The second kappa shape index (κ2) is 5.41. The fraction of sp³-hybridized carbons (Fsp3) is 0.429. The lowest BCUT2D eigenvalue weighted by atomic mass is 9.98. The molecular weight excluding hydrogens is 300 g/mol. The van der Waals surface area contributed by atoms with Gasteiger partial charge in [0, 0.05) is 31.9 Å². The van der Waals surface area contributed by atoms with Crippen molar-refractivity contribution < 1.29 is 14.1 Å². The highest BCUT2D eigenvalue weighted by Gasteiger charge is 2.40. The van der Waals surface area contributed by atoms with Crippen LogP contribution in [0.5, 0.6) is 0 Å². The van der Waals surface area contributed by atoms with Crippen molar-refractivity contribution in [2.45, 2.75) is 24.8 Å². The second-order valence-electron chi connectivity index (χ2n) is 5.65. The van der Waals surface area contributed by atoms with Crippen LogP contribution in [0.15, 0.2) is 23.1 Å². The van der Waals surface area contributed by atoms with Crippen molar-refractivity contribution >= 4 is 11.8 Å². The van der Waals surface area contributed by atoms with Gasteiger partial charge in [0.25, 0.3) is 0 Å². The Kier molecular flexibility index (Phi) is 3.25. The third kappa shape index (κ3) is 2.54. The number of hydrogen-bond acceptors (Lipinski definition) is 7. The standard InChI is InChI=1S/C14H14N6O3/c21-11-2-1-9(17-11)14(22)20-6-8(7-20)13-18-12(19-23-13)10-5-15-3-4-16-10/h3-5,8-9H,1-2,6-7H2,(H,17,21). The predicted molar refractivity (Wildman–Crippen MR) is 75.8 cm³/mol. The van der Waals surface area contributed by atoms with E-state index < -0.39 is 0 Å². The van der Waals surface area contributed by atoms with E-state index in [1.807, 2.05) is 0 Å². The lowest BCUT2D eigenvalue weighted by Crippen LogP contribution is -2.54. The van der Waals surface area contributed by atoms with Gasteiger partial charge < -0.3 is 14.7 Å². The molecule has 118 valence electrons. The monoisotopic (exact) mass is 314 g/mol. The van der Waals surface area contributed by atoms with Gasteiger partial charge in [-0.25, -0.2) is 4.98 Å². The molecule has 0 saturated carbocycles. The molecule has 0 aromatic carbocycles. The normalized spacial score (nSPS) is 21.1. The summed E-state index contributed by atoms with van der Waals surface area (Å²) in [4.78, 5) is 37.5. The molecule has 1 atom stereocenters. The number of nitrogens with zero attached hydrogens (tertiary/aromatic N) is 5. The van der Waals surface area contributed by atoms with E-state index in [4.69, 9.17) is 4.52 Å². The van der Waals surface area contributed by atoms with Crippen molar-refractivity contribution in [1.82, 2.24) is 30.3 Å². The zero-order chi connectivity index (χ0) is 15.8. The summed E-state index contributed by atoms with van der Waals surface area (Å²) in [6.45, 7) is 1.04. The lowest BCUT2D eigenvalue weighted by Gasteiger charge is -2.38. The SMILES string of the molecule is O=C1CCC(C(=O)N2CC(c3nc(-c4cnccn4)no3)C2)N1. The van der Waals surface area contributed by atoms with Crippen LogP contribution in [-0.2, 0) is 9.59 Å². The Balaban J connectivity index is 1.38. The number of amides is 2. The molecule has 0 aliphatic carbocycles. The highest BCUT2D eigenvalue weighted by atomic mass is 16.5. The maximum Gasteiger partial charge on any atom is 0.245 e. The van der Waals surface area contributed by atoms with Gasteiger partial charge in [0.05, 0.1) is 12.1 Å². The van der Waals surface area contributed by atoms with Crippen molar-refractivity contribution in [2.24, 2.45) is 0 Å². The Hall–Kier alpha value is -2.84. The predicted octanol–water partition coefficient (Wildman–Crippen LogP) is -0.269. The molecule has 0 bridgehead atoms. The van der Waals surface area contributed by atoms with Crippen LogP contribution in [0.4, 0.5) is 0 Å². The molecule has 2 aliphatic heterocycles. The second-order valence-corrected chi connectivity index (χ2v) is 5.65. The summed E-state index contributed by atoms with van der Waals surface area (Å²) >= 11 is 0. The van der Waals surface area contributed by atoms with Gasteiger partial charge in [-0.05, 0) is 6.42 Å². The number of carbonyl (C=O) groups is 2. The van der Waals surface area contributed by atoms with E-state index >= 15 is 0 Å². The Bertz CT molecular complexity index is 740. The molecule has 9 heteroatoms. The minimum absolute atomic E-state index is 0.0222. The molecule has 1 N–H and O–H groups in total. The summed E-state index contributed by atoms with van der Waals surface area (Å²) < 4.78 is 5.26. The minimum atomic E-state index is -0.388. The van der Waals surface area contributed by atoms with Gasteiger partial charge in [-0.15, -0.1) is 0 Å². The first-order valence-corrected chi connectivity index (χ1v) is 7.39. The summed E-state index contributed by atoms with van der Waals surface area (Å²) in [6, 6.07) is -0.388. The quantitative estimate of drug-likeness (QED) is 0.829. The Morgan fingerprint density at radius 2 is 2.22 bits per heavy atom. The lowest BCUT2D eigenvalue weighted by molar-refractivity contribution is -0.138. The van der Waals surface area contributed by atoms with Crippen LogP contribution in [0.3, 0.4) is 0 Å². The van der Waals surface area contributed by atoms with Crippen molar-refractivity contribution in [3.8, 4) is 11.5 Å². The largest absolute Gasteiger partial charge is 0.344 e. The number of likely N-dealkylation sites (tertiary alicyclic amines) is 1. The smallest absolute Gasteiger partial charge is 0.245 e. The number of nitrogens with one attached hydrogen (secondary N) is 1. The maximum atomic E-state index is 12.2. The van der Waals surface area contributed by atoms with Crippen molar-refractivity contribution in [2.75, 3.05) is 13.1 Å². The van der Waals surface area contributed by atoms with Gasteiger partial charge in [0.2, 0.25) is 23.5 Å². The summed E-state index contributed by atoms with van der Waals surface area (Å²) in [5.74, 6) is 0.798. The highest BCUT2D eigenvalue weighted by molar-refractivity contribution is 5.91. The van der Waals surface area contributed by atoms with E-state index in [0.29, 0.717) is 43.3 Å². The number of hydrogen-bond donors (Lipinski definition) is 1. The van der Waals surface area contributed by atoms with Gasteiger partial charge in [-0.1, -0.05) is 5.16 Å². The van der Waals surface area contributed by atoms with Crippen LogP contribution in [0.2, 0.25) is 0 Å². The molecule has 2 aliphatic rings. The van der Waals surface area contributed by atoms with Gasteiger partial charge in [-0.3, -0.25) is 14.6 Å². The number of rotatable bonds is 3. The van der Waals surface area contributed by atoms with E-state index in [0.717, 1.165) is 0 Å². The van der Waals surface area contributed by atoms with E-state index in [2.05, 4.69) is 25.4 Å². The maximum absolute atomic E-state index is 12.2. The molecule has 2 aromatic rings. The molecule has 2 fully saturated rings. The van der Waals surface area contributed by atoms with Crippen LogP contribution in [-0.4, -0.2) is 56.0 Å². The van der Waals surface area contributed by atoms with E-state index in [-0.39, 0.29) is 23.8 Å². The molecule has 0 radical (unpaired) electrons. The molecule has 4 rings (SSSR count). The fourth-order valence-corrected chi connectivity index (χ4v) is 2.75. The van der Waals surface area contributed by atoms with Crippen LogP contribution in [0.1, 0.15) is 24.7 Å². The molecular formula is C14H14N6O3. The zero-order valence-corrected chi connectivity index (χ0v) is 12.2. The van der Waals surface area contributed by atoms with Gasteiger partial charge in [-0.2, -0.15) is 4.98 Å². The topological polar surface area (TPSA) is 114 Å². The summed E-state index contributed by atoms with van der Waals surface area (Å²) in [7, 11) is 0. The van der Waals surface area contributed by atoms with Gasteiger partial charge in [0.1, 0.15) is 11.7 Å². The molecule has 23 heavy (non-hydrogen) atoms. The van der Waals surface area contributed by atoms with Crippen LogP contribution in [0, 0.1) is 0 Å². The molecule has 2 amide bonds. The molecule has 9 nitrogen and oxygen atoms in total. The Morgan fingerprint density at radius 1 is 1.35 bits per heavy atom. The molecule has 0 spiro atoms. The average Bonchev–Trinajstić information content (AvgIpc) is 3.16. The van der Waals surface area contributed by atoms with E-state index in [1.165, 1.54) is 0 Å². The summed E-state index contributed by atoms with van der Waals surface area (Å²) in [6.07, 6.45) is 5.68. The highest BCUT2D eigenvalue weighted by Crippen LogP contribution is 2.28. The third-order valence-corrected chi connectivity index (χ3v) is 4.07. The zero-order valence-electron chi connectivity index (χ0n) is 12.2. The van der Waals surface area contributed by atoms with E-state index in [9.17, 15) is 9.59 Å². The third-order valence-electron chi connectivity index (χ3n) is 4.07. The molecule has 2 aromatic heterocycles. The first-order valence-electron chi connectivity index (χ1n) is 7.39. The van der Waals surface area contributed by atoms with Gasteiger partial charge in [0.15, 0.2) is 0 Å². The van der Waals surface area contributed by atoms with Crippen LogP contribution < -0.4 is 5.32 Å². The Labute approximate surface area is 131 Å². The van der Waals surface area contributed by atoms with Crippen molar-refractivity contribution in [3.05, 3.63) is 24.5 Å². The molecule has 4 heterocycles. The molecule has 2 saturated heterocycles. The fourth-order valence-electron chi connectivity index (χ4n) is 2.75.